The summed E-state index contributed by atoms with van der Waals surface area (Å²) in [6.07, 6.45) is 2.37. The summed E-state index contributed by atoms with van der Waals surface area (Å²) >= 11 is 0. The Bertz CT molecular complexity index is 55.2. The van der Waals surface area contributed by atoms with E-state index in [9.17, 15) is 4.39 Å². The van der Waals surface area contributed by atoms with Gasteiger partial charge >= 0.3 is 0 Å². The first-order valence-electron chi connectivity index (χ1n) is 2.97. The second kappa shape index (κ2) is 1.81. The first-order valence-corrected chi connectivity index (χ1v) is 2.97. The van der Waals surface area contributed by atoms with Gasteiger partial charge in [-0.1, -0.05) is 13.3 Å². The van der Waals surface area contributed by atoms with Gasteiger partial charge in [0, 0.05) is 0 Å². The number of rotatable bonds is 1. The van der Waals surface area contributed by atoms with E-state index in [1.807, 2.05) is 0 Å². The van der Waals surface area contributed by atoms with Gasteiger partial charge in [0.2, 0.25) is 0 Å². The molecule has 1 aliphatic rings. The van der Waals surface area contributed by atoms with Gasteiger partial charge < -0.3 is 0 Å². The second-order valence-corrected chi connectivity index (χ2v) is 2.34. The van der Waals surface area contributed by atoms with Crippen LogP contribution in [0.3, 0.4) is 0 Å². The van der Waals surface area contributed by atoms with Crippen LogP contribution in [-0.4, -0.2) is 6.17 Å². The van der Waals surface area contributed by atoms with E-state index in [0.717, 1.165) is 18.8 Å². The highest BCUT2D eigenvalue weighted by Crippen LogP contribution is 2.31. The average molecular weight is 102 g/mol. The molecule has 0 saturated heterocycles. The van der Waals surface area contributed by atoms with Crippen molar-refractivity contribution in [1.82, 2.24) is 0 Å². The Labute approximate surface area is 43.7 Å². The van der Waals surface area contributed by atoms with Crippen LogP contribution in [0.5, 0.6) is 0 Å². The minimum Gasteiger partial charge on any atom is -0.247 e. The van der Waals surface area contributed by atoms with Crippen LogP contribution >= 0.6 is 0 Å². The molecule has 0 bridgehead atoms. The summed E-state index contributed by atoms with van der Waals surface area (Å²) in [4.78, 5) is 0. The summed E-state index contributed by atoms with van der Waals surface area (Å²) in [7, 11) is 0. The zero-order valence-corrected chi connectivity index (χ0v) is 4.65. The van der Waals surface area contributed by atoms with Crippen molar-refractivity contribution in [1.29, 1.82) is 0 Å². The summed E-state index contributed by atoms with van der Waals surface area (Å²) < 4.78 is 12.0. The fourth-order valence-electron chi connectivity index (χ4n) is 0.988. The molecular formula is C6H11F. The molecule has 1 fully saturated rings. The molecule has 0 aromatic rings. The van der Waals surface area contributed by atoms with Crippen LogP contribution in [0.1, 0.15) is 26.2 Å². The standard InChI is InChI=1S/C6H11F/c1-2-5-3-6(7)4-5/h5-6H,2-4H2,1H3. The smallest absolute Gasteiger partial charge is 0.101 e. The van der Waals surface area contributed by atoms with E-state index in [1.54, 1.807) is 0 Å². The van der Waals surface area contributed by atoms with Gasteiger partial charge in [0.25, 0.3) is 0 Å². The molecule has 0 aromatic carbocycles. The molecule has 1 aliphatic carbocycles. The van der Waals surface area contributed by atoms with Crippen LogP contribution in [0.4, 0.5) is 4.39 Å². The topological polar surface area (TPSA) is 0 Å². The van der Waals surface area contributed by atoms with Crippen molar-refractivity contribution in [2.45, 2.75) is 32.4 Å². The summed E-state index contributed by atoms with van der Waals surface area (Å²) in [5.74, 6) is 0.718. The van der Waals surface area contributed by atoms with Crippen molar-refractivity contribution in [3.05, 3.63) is 0 Å². The van der Waals surface area contributed by atoms with Crippen molar-refractivity contribution in [3.8, 4) is 0 Å². The number of halogens is 1. The van der Waals surface area contributed by atoms with Crippen LogP contribution in [0.2, 0.25) is 0 Å². The van der Waals surface area contributed by atoms with Crippen LogP contribution in [-0.2, 0) is 0 Å². The van der Waals surface area contributed by atoms with Crippen LogP contribution in [0.25, 0.3) is 0 Å². The van der Waals surface area contributed by atoms with Crippen molar-refractivity contribution < 1.29 is 4.39 Å². The molecule has 0 aliphatic heterocycles. The first kappa shape index (κ1) is 5.07. The molecular weight excluding hydrogens is 91.1 g/mol. The lowest BCUT2D eigenvalue weighted by Gasteiger charge is -2.27. The fraction of sp³-hybridized carbons (Fsp3) is 1.00. The summed E-state index contributed by atoms with van der Waals surface area (Å²) in [6, 6.07) is 0. The lowest BCUT2D eigenvalue weighted by Crippen LogP contribution is -2.23. The van der Waals surface area contributed by atoms with E-state index >= 15 is 0 Å². The Balaban J connectivity index is 2.06. The molecule has 0 amide bonds. The highest BCUT2D eigenvalue weighted by Gasteiger charge is 2.26. The van der Waals surface area contributed by atoms with E-state index in [1.165, 1.54) is 6.42 Å². The van der Waals surface area contributed by atoms with Crippen LogP contribution < -0.4 is 0 Å². The number of hydrogen-bond donors (Lipinski definition) is 0. The maximum absolute atomic E-state index is 12.0. The number of hydrogen-bond acceptors (Lipinski definition) is 0. The molecule has 0 atom stereocenters. The average Bonchev–Trinajstić information content (AvgIpc) is 1.58. The molecule has 0 nitrogen and oxygen atoms in total. The lowest BCUT2D eigenvalue weighted by atomic mass is 9.82. The molecule has 0 heterocycles. The summed E-state index contributed by atoms with van der Waals surface area (Å²) in [5.41, 5.74) is 0. The highest BCUT2D eigenvalue weighted by atomic mass is 19.1. The number of alkyl halides is 1. The Morgan fingerprint density at radius 3 is 2.29 bits per heavy atom. The van der Waals surface area contributed by atoms with Gasteiger partial charge in [-0.15, -0.1) is 0 Å². The first-order chi connectivity index (χ1) is 3.33. The molecule has 7 heavy (non-hydrogen) atoms. The van der Waals surface area contributed by atoms with Gasteiger partial charge in [-0.25, -0.2) is 4.39 Å². The molecule has 42 valence electrons. The quantitative estimate of drug-likeness (QED) is 0.476. The second-order valence-electron chi connectivity index (χ2n) is 2.34. The molecule has 0 N–H and O–H groups in total. The molecule has 1 saturated carbocycles. The third kappa shape index (κ3) is 0.929. The maximum atomic E-state index is 12.0. The predicted octanol–water partition coefficient (Wildman–Crippen LogP) is 2.14. The third-order valence-corrected chi connectivity index (χ3v) is 1.76. The molecule has 0 radical (unpaired) electrons. The maximum Gasteiger partial charge on any atom is 0.101 e. The van der Waals surface area contributed by atoms with Gasteiger partial charge in [0.15, 0.2) is 0 Å². The van der Waals surface area contributed by atoms with Gasteiger partial charge in [-0.2, -0.15) is 0 Å². The Kier molecular flexibility index (Phi) is 1.31. The SMILES string of the molecule is CCC1CC(F)C1. The molecule has 0 unspecified atom stereocenters. The van der Waals surface area contributed by atoms with Crippen molar-refractivity contribution in [2.24, 2.45) is 5.92 Å². The third-order valence-electron chi connectivity index (χ3n) is 1.76. The van der Waals surface area contributed by atoms with E-state index in [0.29, 0.717) is 0 Å². The van der Waals surface area contributed by atoms with Gasteiger partial charge in [0.1, 0.15) is 6.17 Å². The van der Waals surface area contributed by atoms with E-state index in [-0.39, 0.29) is 0 Å². The van der Waals surface area contributed by atoms with Crippen LogP contribution in [0.15, 0.2) is 0 Å². The predicted molar refractivity (Wildman–Crippen MR) is 27.9 cm³/mol. The zero-order valence-electron chi connectivity index (χ0n) is 4.65. The highest BCUT2D eigenvalue weighted by molar-refractivity contribution is 4.77. The Hall–Kier alpha value is -0.0700. The zero-order chi connectivity index (χ0) is 5.28. The largest absolute Gasteiger partial charge is 0.247 e. The molecule has 1 heteroatoms. The lowest BCUT2D eigenvalue weighted by molar-refractivity contribution is 0.128. The Morgan fingerprint density at radius 2 is 2.14 bits per heavy atom. The van der Waals surface area contributed by atoms with Crippen molar-refractivity contribution in [2.75, 3.05) is 0 Å². The van der Waals surface area contributed by atoms with E-state index < -0.39 is 6.17 Å². The summed E-state index contributed by atoms with van der Waals surface area (Å²) in [5, 5.41) is 0. The normalized spacial score (nSPS) is 40.3. The van der Waals surface area contributed by atoms with Gasteiger partial charge in [-0.3, -0.25) is 0 Å². The molecule has 0 spiro atoms. The van der Waals surface area contributed by atoms with Crippen LogP contribution in [0, 0.1) is 5.92 Å². The Morgan fingerprint density at radius 1 is 1.57 bits per heavy atom. The fourth-order valence-corrected chi connectivity index (χ4v) is 0.988. The van der Waals surface area contributed by atoms with Gasteiger partial charge in [-0.05, 0) is 18.8 Å². The monoisotopic (exact) mass is 102 g/mol. The minimum atomic E-state index is -0.454. The van der Waals surface area contributed by atoms with Crippen molar-refractivity contribution >= 4 is 0 Å². The van der Waals surface area contributed by atoms with E-state index in [2.05, 4.69) is 6.92 Å². The summed E-state index contributed by atoms with van der Waals surface area (Å²) in [6.45, 7) is 2.12. The minimum absolute atomic E-state index is 0.454. The molecule has 1 rings (SSSR count). The van der Waals surface area contributed by atoms with E-state index in [4.69, 9.17) is 0 Å². The van der Waals surface area contributed by atoms with Crippen molar-refractivity contribution in [3.63, 3.8) is 0 Å². The molecule has 0 aromatic heterocycles. The van der Waals surface area contributed by atoms with Gasteiger partial charge in [0.05, 0.1) is 0 Å².